The Morgan fingerprint density at radius 2 is 2.07 bits per heavy atom. The van der Waals surface area contributed by atoms with Gasteiger partial charge in [0, 0.05) is 12.8 Å². The summed E-state index contributed by atoms with van der Waals surface area (Å²) < 4.78 is 10.6. The fourth-order valence-corrected chi connectivity index (χ4v) is 3.77. The van der Waals surface area contributed by atoms with E-state index in [1.54, 1.807) is 12.0 Å². The maximum Gasteiger partial charge on any atom is 0.267 e. The largest absolute Gasteiger partial charge is 0.489 e. The van der Waals surface area contributed by atoms with E-state index in [9.17, 15) is 9.90 Å². The van der Waals surface area contributed by atoms with Gasteiger partial charge in [-0.05, 0) is 30.9 Å². The fraction of sp³-hybridized carbons (Fsp3) is 0.545. The highest BCUT2D eigenvalue weighted by Crippen LogP contribution is 2.37. The average molecular weight is 373 g/mol. The number of carbonyl (C=O) groups excluding carboxylic acids is 1. The van der Waals surface area contributed by atoms with Crippen molar-refractivity contribution in [1.29, 1.82) is 0 Å². The number of methoxy groups -OCH3 is 2. The Morgan fingerprint density at radius 3 is 2.70 bits per heavy atom. The Kier molecular flexibility index (Phi) is 7.66. The number of unbranched alkanes of at least 4 members (excludes halogenated alkanes) is 3. The first-order valence-electron chi connectivity index (χ1n) is 9.60. The second kappa shape index (κ2) is 9.75. The topological polar surface area (TPSA) is 59.0 Å². The van der Waals surface area contributed by atoms with Gasteiger partial charge in [0.15, 0.2) is 5.76 Å². The number of para-hydroxylation sites is 1. The van der Waals surface area contributed by atoms with Crippen LogP contribution in [-0.4, -0.2) is 43.5 Å². The van der Waals surface area contributed by atoms with Crippen molar-refractivity contribution >= 4 is 11.6 Å². The van der Waals surface area contributed by atoms with Gasteiger partial charge in [0.2, 0.25) is 5.60 Å². The van der Waals surface area contributed by atoms with Gasteiger partial charge in [-0.1, -0.05) is 56.7 Å². The maximum atomic E-state index is 13.6. The van der Waals surface area contributed by atoms with Crippen LogP contribution < -0.4 is 4.90 Å². The molecule has 1 aromatic carbocycles. The molecule has 2 rings (SSSR count). The molecule has 0 radical (unpaired) electrons. The molecule has 0 aromatic heterocycles. The first-order valence-corrected chi connectivity index (χ1v) is 9.60. The van der Waals surface area contributed by atoms with Gasteiger partial charge in [0.25, 0.3) is 5.91 Å². The number of fused-ring (bicyclic) bond motifs is 1. The molecule has 1 N–H and O–H groups in total. The molecule has 148 valence electrons. The van der Waals surface area contributed by atoms with Gasteiger partial charge < -0.3 is 19.5 Å². The van der Waals surface area contributed by atoms with Gasteiger partial charge in [0.1, 0.15) is 0 Å². The lowest BCUT2D eigenvalue weighted by molar-refractivity contribution is -0.138. The summed E-state index contributed by atoms with van der Waals surface area (Å²) in [6.45, 7) is 6.13. The quantitative estimate of drug-likeness (QED) is 0.387. The van der Waals surface area contributed by atoms with Crippen LogP contribution in [0.2, 0.25) is 0 Å². The third-order valence-corrected chi connectivity index (χ3v) is 5.14. The molecule has 0 fully saturated rings. The Hall–Kier alpha value is -2.07. The molecule has 0 bridgehead atoms. The number of hydrogen-bond acceptors (Lipinski definition) is 4. The zero-order valence-electron chi connectivity index (χ0n) is 16.7. The smallest absolute Gasteiger partial charge is 0.267 e. The van der Waals surface area contributed by atoms with E-state index in [2.05, 4.69) is 19.2 Å². The lowest BCUT2D eigenvalue weighted by Crippen LogP contribution is -2.54. The van der Waals surface area contributed by atoms with Gasteiger partial charge in [0.05, 0.1) is 19.8 Å². The Bertz CT molecular complexity index is 695. The molecule has 0 saturated carbocycles. The van der Waals surface area contributed by atoms with Crippen molar-refractivity contribution in [2.45, 2.75) is 57.1 Å². The molecule has 0 aliphatic carbocycles. The van der Waals surface area contributed by atoms with E-state index >= 15 is 0 Å². The molecular weight excluding hydrogens is 342 g/mol. The molecule has 1 aliphatic rings. The number of aliphatic hydroxyl groups is 1. The molecule has 0 saturated heterocycles. The standard InChI is InChI=1S/C22H31NO4/c1-5-7-8-11-14-22(25,20(6-2)27-4)21(24)23-18(16-26-3)15-17-12-9-10-13-19(17)23/h9-10,12-13,18,25H,2,5,7-8,11,14-16H2,1,3-4H3/t18-,22?/m0/s1. The molecular formula is C22H31NO4. The van der Waals surface area contributed by atoms with Crippen molar-refractivity contribution in [3.63, 3.8) is 0 Å². The molecule has 2 atom stereocenters. The summed E-state index contributed by atoms with van der Waals surface area (Å²) >= 11 is 0. The minimum Gasteiger partial charge on any atom is -0.489 e. The number of nitrogens with zero attached hydrogens (tertiary/aromatic N) is 1. The van der Waals surface area contributed by atoms with Gasteiger partial charge in [-0.2, -0.15) is 0 Å². The van der Waals surface area contributed by atoms with E-state index in [4.69, 9.17) is 9.47 Å². The van der Waals surface area contributed by atoms with Crippen LogP contribution in [0.5, 0.6) is 0 Å². The molecule has 1 amide bonds. The lowest BCUT2D eigenvalue weighted by Gasteiger charge is -2.34. The van der Waals surface area contributed by atoms with Crippen LogP contribution in [0, 0.1) is 0 Å². The molecule has 1 heterocycles. The van der Waals surface area contributed by atoms with Crippen LogP contribution in [0.15, 0.2) is 42.3 Å². The zero-order chi connectivity index (χ0) is 19.9. The summed E-state index contributed by atoms with van der Waals surface area (Å²) in [5.41, 5.74) is 2.73. The first kappa shape index (κ1) is 21.2. The molecule has 0 spiro atoms. The van der Waals surface area contributed by atoms with E-state index in [-0.39, 0.29) is 18.2 Å². The molecule has 1 aromatic rings. The lowest BCUT2D eigenvalue weighted by atomic mass is 9.91. The third kappa shape index (κ3) is 4.44. The van der Waals surface area contributed by atoms with Gasteiger partial charge in [-0.3, -0.25) is 4.79 Å². The highest BCUT2D eigenvalue weighted by atomic mass is 16.5. The van der Waals surface area contributed by atoms with Gasteiger partial charge in [-0.25, -0.2) is 0 Å². The van der Waals surface area contributed by atoms with Crippen molar-refractivity contribution in [2.75, 3.05) is 25.7 Å². The van der Waals surface area contributed by atoms with Gasteiger partial charge in [-0.15, -0.1) is 0 Å². The van der Waals surface area contributed by atoms with Crippen LogP contribution in [0.25, 0.3) is 0 Å². The SMILES string of the molecule is C=C=C(OC)C(O)(CCCCCC)C(=O)N1c2ccccc2C[C@H]1COC. The monoisotopic (exact) mass is 373 g/mol. The highest BCUT2D eigenvalue weighted by molar-refractivity contribution is 6.03. The predicted octanol–water partition coefficient (Wildman–Crippen LogP) is 3.61. The minimum atomic E-state index is -1.78. The van der Waals surface area contributed by atoms with Crippen LogP contribution in [0.3, 0.4) is 0 Å². The number of hydrogen-bond donors (Lipinski definition) is 1. The Balaban J connectivity index is 2.38. The van der Waals surface area contributed by atoms with Gasteiger partial charge >= 0.3 is 0 Å². The molecule has 1 aliphatic heterocycles. The number of rotatable bonds is 10. The number of benzene rings is 1. The van der Waals surface area contributed by atoms with E-state index in [1.807, 2.05) is 24.3 Å². The first-order chi connectivity index (χ1) is 13.0. The van der Waals surface area contributed by atoms with Crippen molar-refractivity contribution < 1.29 is 19.4 Å². The van der Waals surface area contributed by atoms with E-state index < -0.39 is 11.5 Å². The predicted molar refractivity (Wildman–Crippen MR) is 107 cm³/mol. The maximum absolute atomic E-state index is 13.6. The molecule has 27 heavy (non-hydrogen) atoms. The Morgan fingerprint density at radius 1 is 1.33 bits per heavy atom. The number of carbonyl (C=O) groups is 1. The van der Waals surface area contributed by atoms with Crippen molar-refractivity contribution in [2.24, 2.45) is 0 Å². The Labute approximate surface area is 162 Å². The summed E-state index contributed by atoms with van der Waals surface area (Å²) in [7, 11) is 3.05. The van der Waals surface area contributed by atoms with Crippen LogP contribution in [0.1, 0.15) is 44.6 Å². The van der Waals surface area contributed by atoms with Crippen LogP contribution >= 0.6 is 0 Å². The normalized spacial score (nSPS) is 17.8. The molecule has 1 unspecified atom stereocenters. The molecule has 5 heteroatoms. The number of anilines is 1. The number of amides is 1. The third-order valence-electron chi connectivity index (χ3n) is 5.14. The van der Waals surface area contributed by atoms with Crippen molar-refractivity contribution in [1.82, 2.24) is 0 Å². The zero-order valence-corrected chi connectivity index (χ0v) is 16.7. The van der Waals surface area contributed by atoms with Crippen molar-refractivity contribution in [3.05, 3.63) is 47.9 Å². The van der Waals surface area contributed by atoms with Crippen LogP contribution in [0.4, 0.5) is 5.69 Å². The fourth-order valence-electron chi connectivity index (χ4n) is 3.77. The highest BCUT2D eigenvalue weighted by Gasteiger charge is 2.48. The second-order valence-electron chi connectivity index (χ2n) is 7.00. The minimum absolute atomic E-state index is 0.0737. The summed E-state index contributed by atoms with van der Waals surface area (Å²) in [6, 6.07) is 7.61. The second-order valence-corrected chi connectivity index (χ2v) is 7.00. The van der Waals surface area contributed by atoms with E-state index in [0.717, 1.165) is 36.9 Å². The van der Waals surface area contributed by atoms with E-state index in [0.29, 0.717) is 13.0 Å². The number of ether oxygens (including phenoxy) is 2. The van der Waals surface area contributed by atoms with Crippen LogP contribution in [-0.2, 0) is 20.7 Å². The summed E-state index contributed by atoms with van der Waals surface area (Å²) in [5, 5.41) is 11.4. The summed E-state index contributed by atoms with van der Waals surface area (Å²) in [4.78, 5) is 15.3. The average Bonchev–Trinajstić information content (AvgIpc) is 3.03. The molecule has 5 nitrogen and oxygen atoms in total. The summed E-state index contributed by atoms with van der Waals surface area (Å²) in [5.74, 6) is -0.330. The van der Waals surface area contributed by atoms with E-state index in [1.165, 1.54) is 7.11 Å². The van der Waals surface area contributed by atoms with Crippen molar-refractivity contribution in [3.8, 4) is 0 Å². The summed E-state index contributed by atoms with van der Waals surface area (Å²) in [6.07, 6.45) is 4.77.